The standard InChI is InChI=1S/C23H33NO3/c1-8-20(9-2)26-21-12-16(5)24-23(18(21)7)27-22-14(3)10-19(11-15(22)4)13-17(6)25/h10-12,17,20,25H,8-9,13H2,1-7H3. The minimum atomic E-state index is -0.360. The molecule has 0 radical (unpaired) electrons. The molecule has 2 aromatic rings. The van der Waals surface area contributed by atoms with E-state index < -0.39 is 0 Å². The first-order valence-corrected chi connectivity index (χ1v) is 9.86. The van der Waals surface area contributed by atoms with Crippen LogP contribution in [0.25, 0.3) is 0 Å². The smallest absolute Gasteiger partial charge is 0.226 e. The highest BCUT2D eigenvalue weighted by atomic mass is 16.5. The summed E-state index contributed by atoms with van der Waals surface area (Å²) >= 11 is 0. The van der Waals surface area contributed by atoms with E-state index in [-0.39, 0.29) is 12.2 Å². The molecule has 0 aliphatic heterocycles. The minimum absolute atomic E-state index is 0.196. The van der Waals surface area contributed by atoms with Gasteiger partial charge >= 0.3 is 0 Å². The van der Waals surface area contributed by atoms with Crippen molar-refractivity contribution in [1.82, 2.24) is 4.98 Å². The van der Waals surface area contributed by atoms with Gasteiger partial charge < -0.3 is 14.6 Å². The number of pyridine rings is 1. The predicted octanol–water partition coefficient (Wildman–Crippen LogP) is 5.60. The van der Waals surface area contributed by atoms with Gasteiger partial charge in [0.05, 0.1) is 17.8 Å². The summed E-state index contributed by atoms with van der Waals surface area (Å²) in [5.74, 6) is 2.25. The highest BCUT2D eigenvalue weighted by Crippen LogP contribution is 2.35. The fourth-order valence-corrected chi connectivity index (χ4v) is 3.29. The third-order valence-electron chi connectivity index (χ3n) is 4.76. The number of benzene rings is 1. The van der Waals surface area contributed by atoms with E-state index in [1.54, 1.807) is 6.92 Å². The molecule has 4 nitrogen and oxygen atoms in total. The molecule has 1 unspecified atom stereocenters. The van der Waals surface area contributed by atoms with Crippen molar-refractivity contribution < 1.29 is 14.6 Å². The average molecular weight is 372 g/mol. The topological polar surface area (TPSA) is 51.6 Å². The molecule has 1 atom stereocenters. The Morgan fingerprint density at radius 2 is 1.59 bits per heavy atom. The Morgan fingerprint density at radius 1 is 1.00 bits per heavy atom. The van der Waals surface area contributed by atoms with Crippen LogP contribution in [0.1, 0.15) is 61.6 Å². The average Bonchev–Trinajstić information content (AvgIpc) is 2.58. The molecule has 2 rings (SSSR count). The van der Waals surface area contributed by atoms with Crippen LogP contribution in [0.15, 0.2) is 18.2 Å². The van der Waals surface area contributed by atoms with Crippen molar-refractivity contribution in [2.75, 3.05) is 0 Å². The molecule has 0 saturated carbocycles. The van der Waals surface area contributed by atoms with E-state index >= 15 is 0 Å². The number of aliphatic hydroxyl groups is 1. The number of rotatable bonds is 8. The molecule has 0 bridgehead atoms. The summed E-state index contributed by atoms with van der Waals surface area (Å²) in [5.41, 5.74) is 4.97. The summed E-state index contributed by atoms with van der Waals surface area (Å²) < 4.78 is 12.4. The quantitative estimate of drug-likeness (QED) is 0.656. The van der Waals surface area contributed by atoms with E-state index in [2.05, 4.69) is 31.0 Å². The summed E-state index contributed by atoms with van der Waals surface area (Å²) in [6.45, 7) is 14.1. The third-order valence-corrected chi connectivity index (χ3v) is 4.76. The van der Waals surface area contributed by atoms with Gasteiger partial charge in [-0.2, -0.15) is 0 Å². The van der Waals surface area contributed by atoms with E-state index in [0.29, 0.717) is 12.3 Å². The molecule has 27 heavy (non-hydrogen) atoms. The van der Waals surface area contributed by atoms with E-state index in [4.69, 9.17) is 9.47 Å². The Bertz CT molecular complexity index is 756. The molecular formula is C23H33NO3. The maximum atomic E-state index is 9.65. The van der Waals surface area contributed by atoms with Gasteiger partial charge in [-0.25, -0.2) is 4.98 Å². The summed E-state index contributed by atoms with van der Waals surface area (Å²) in [6.07, 6.45) is 2.41. The van der Waals surface area contributed by atoms with Crippen LogP contribution in [0.3, 0.4) is 0 Å². The molecule has 0 amide bonds. The van der Waals surface area contributed by atoms with E-state index in [9.17, 15) is 5.11 Å². The lowest BCUT2D eigenvalue weighted by molar-refractivity contribution is 0.190. The van der Waals surface area contributed by atoms with Gasteiger partial charge in [-0.1, -0.05) is 26.0 Å². The first-order valence-electron chi connectivity index (χ1n) is 9.86. The predicted molar refractivity (Wildman–Crippen MR) is 110 cm³/mol. The number of aromatic nitrogens is 1. The first-order chi connectivity index (χ1) is 12.7. The third kappa shape index (κ3) is 5.46. The highest BCUT2D eigenvalue weighted by molar-refractivity contribution is 5.48. The molecule has 1 heterocycles. The highest BCUT2D eigenvalue weighted by Gasteiger charge is 2.16. The van der Waals surface area contributed by atoms with Crippen LogP contribution in [0.4, 0.5) is 0 Å². The zero-order valence-electron chi connectivity index (χ0n) is 17.7. The summed E-state index contributed by atoms with van der Waals surface area (Å²) in [4.78, 5) is 4.60. The summed E-state index contributed by atoms with van der Waals surface area (Å²) in [7, 11) is 0. The van der Waals surface area contributed by atoms with Crippen LogP contribution >= 0.6 is 0 Å². The Kier molecular flexibility index (Phi) is 7.25. The monoisotopic (exact) mass is 371 g/mol. The lowest BCUT2D eigenvalue weighted by atomic mass is 10.0. The molecule has 1 aromatic carbocycles. The maximum absolute atomic E-state index is 9.65. The van der Waals surface area contributed by atoms with Gasteiger partial charge in [0, 0.05) is 11.8 Å². The largest absolute Gasteiger partial charge is 0.490 e. The van der Waals surface area contributed by atoms with Crippen molar-refractivity contribution in [2.45, 2.75) is 79.9 Å². The SMILES string of the molecule is CCC(CC)Oc1cc(C)nc(Oc2c(C)cc(CC(C)O)cc2C)c1C. The zero-order valence-corrected chi connectivity index (χ0v) is 17.7. The van der Waals surface area contributed by atoms with Gasteiger partial charge in [0.15, 0.2) is 0 Å². The lowest BCUT2D eigenvalue weighted by Gasteiger charge is -2.20. The minimum Gasteiger partial charge on any atom is -0.490 e. The summed E-state index contributed by atoms with van der Waals surface area (Å²) in [6, 6.07) is 6.12. The van der Waals surface area contributed by atoms with E-state index in [1.165, 1.54) is 0 Å². The number of aryl methyl sites for hydroxylation is 3. The van der Waals surface area contributed by atoms with Crippen LogP contribution in [0.2, 0.25) is 0 Å². The fourth-order valence-electron chi connectivity index (χ4n) is 3.29. The van der Waals surface area contributed by atoms with Gasteiger partial charge in [-0.3, -0.25) is 0 Å². The lowest BCUT2D eigenvalue weighted by Crippen LogP contribution is -2.15. The molecule has 0 saturated heterocycles. The van der Waals surface area contributed by atoms with Crippen molar-refractivity contribution in [1.29, 1.82) is 0 Å². The fraction of sp³-hybridized carbons (Fsp3) is 0.522. The van der Waals surface area contributed by atoms with Gasteiger partial charge in [0.1, 0.15) is 11.5 Å². The van der Waals surface area contributed by atoms with Crippen LogP contribution in [-0.2, 0) is 6.42 Å². The second-order valence-corrected chi connectivity index (χ2v) is 7.46. The molecule has 0 aliphatic carbocycles. The number of nitrogens with zero attached hydrogens (tertiary/aromatic N) is 1. The number of ether oxygens (including phenoxy) is 2. The normalized spacial score (nSPS) is 12.3. The number of hydrogen-bond donors (Lipinski definition) is 1. The Labute approximate surface area is 163 Å². The van der Waals surface area contributed by atoms with Gasteiger partial charge in [-0.15, -0.1) is 0 Å². The van der Waals surface area contributed by atoms with Crippen molar-refractivity contribution in [2.24, 2.45) is 0 Å². The van der Waals surface area contributed by atoms with Crippen LogP contribution in [-0.4, -0.2) is 22.3 Å². The van der Waals surface area contributed by atoms with Gasteiger partial charge in [-0.05, 0) is 70.6 Å². The Balaban J connectivity index is 2.36. The Morgan fingerprint density at radius 3 is 2.11 bits per heavy atom. The summed E-state index contributed by atoms with van der Waals surface area (Å²) in [5, 5.41) is 9.65. The van der Waals surface area contributed by atoms with Crippen molar-refractivity contribution >= 4 is 0 Å². The molecule has 148 valence electrons. The Hall–Kier alpha value is -2.07. The van der Waals surface area contributed by atoms with Gasteiger partial charge in [0.25, 0.3) is 0 Å². The van der Waals surface area contributed by atoms with Crippen molar-refractivity contribution in [3.8, 4) is 17.4 Å². The molecule has 1 aromatic heterocycles. The van der Waals surface area contributed by atoms with E-state index in [0.717, 1.165) is 52.3 Å². The zero-order chi connectivity index (χ0) is 20.1. The molecule has 0 spiro atoms. The van der Waals surface area contributed by atoms with Crippen LogP contribution < -0.4 is 9.47 Å². The van der Waals surface area contributed by atoms with Gasteiger partial charge in [0.2, 0.25) is 5.88 Å². The van der Waals surface area contributed by atoms with Crippen molar-refractivity contribution in [3.05, 3.63) is 46.1 Å². The first kappa shape index (κ1) is 21.2. The number of hydrogen-bond acceptors (Lipinski definition) is 4. The van der Waals surface area contributed by atoms with E-state index in [1.807, 2.05) is 33.8 Å². The molecule has 1 N–H and O–H groups in total. The van der Waals surface area contributed by atoms with Crippen LogP contribution in [0.5, 0.6) is 17.4 Å². The molecule has 0 aliphatic rings. The maximum Gasteiger partial charge on any atom is 0.226 e. The second-order valence-electron chi connectivity index (χ2n) is 7.46. The second kappa shape index (κ2) is 9.23. The van der Waals surface area contributed by atoms with Crippen molar-refractivity contribution in [3.63, 3.8) is 0 Å². The van der Waals surface area contributed by atoms with Crippen LogP contribution in [0, 0.1) is 27.7 Å². The molecular weight excluding hydrogens is 338 g/mol. The number of aliphatic hydroxyl groups excluding tert-OH is 1. The molecule has 4 heteroatoms. The molecule has 0 fully saturated rings.